The number of halogens is 1. The fourth-order valence-corrected chi connectivity index (χ4v) is 3.68. The third-order valence-electron chi connectivity index (χ3n) is 4.92. The second-order valence-electron chi connectivity index (χ2n) is 5.98. The summed E-state index contributed by atoms with van der Waals surface area (Å²) in [5, 5.41) is 3.36. The SMILES string of the molecule is Cl.O=C(C1CCCNC1)N1CCCC1C1CCC1. The molecule has 3 rings (SSSR count). The molecule has 4 heteroatoms. The third-order valence-corrected chi connectivity index (χ3v) is 4.92. The third kappa shape index (κ3) is 2.67. The summed E-state index contributed by atoms with van der Waals surface area (Å²) in [6, 6.07) is 0.596. The number of piperidine rings is 1. The van der Waals surface area contributed by atoms with Crippen molar-refractivity contribution in [1.29, 1.82) is 0 Å². The lowest BCUT2D eigenvalue weighted by atomic mass is 9.78. The molecule has 3 aliphatic rings. The van der Waals surface area contributed by atoms with Crippen molar-refractivity contribution in [2.45, 2.75) is 51.0 Å². The average Bonchev–Trinajstić information content (AvgIpc) is 2.76. The first-order valence-electron chi connectivity index (χ1n) is 7.37. The van der Waals surface area contributed by atoms with Gasteiger partial charge in [-0.2, -0.15) is 0 Å². The standard InChI is InChI=1S/C14H24N2O.ClH/c17-14(12-6-2-8-15-10-12)16-9-3-7-13(16)11-4-1-5-11;/h11-13,15H,1-10H2;1H. The Kier molecular flexibility index (Phi) is 4.91. The predicted molar refractivity (Wildman–Crippen MR) is 74.9 cm³/mol. The first-order chi connectivity index (χ1) is 8.36. The van der Waals surface area contributed by atoms with Crippen LogP contribution in [0.1, 0.15) is 44.9 Å². The van der Waals surface area contributed by atoms with E-state index in [4.69, 9.17) is 0 Å². The molecular formula is C14H25ClN2O. The number of carbonyl (C=O) groups is 1. The van der Waals surface area contributed by atoms with Gasteiger partial charge in [0.1, 0.15) is 0 Å². The van der Waals surface area contributed by atoms with Gasteiger partial charge in [0.05, 0.1) is 5.92 Å². The Morgan fingerprint density at radius 2 is 1.89 bits per heavy atom. The second kappa shape index (κ2) is 6.25. The summed E-state index contributed by atoms with van der Waals surface area (Å²) in [4.78, 5) is 14.8. The van der Waals surface area contributed by atoms with E-state index in [9.17, 15) is 4.79 Å². The smallest absolute Gasteiger partial charge is 0.227 e. The molecule has 2 atom stereocenters. The van der Waals surface area contributed by atoms with Crippen molar-refractivity contribution in [2.75, 3.05) is 19.6 Å². The maximum absolute atomic E-state index is 12.5. The van der Waals surface area contributed by atoms with Crippen LogP contribution in [0.3, 0.4) is 0 Å². The topological polar surface area (TPSA) is 32.3 Å². The Hall–Kier alpha value is -0.280. The second-order valence-corrected chi connectivity index (χ2v) is 5.98. The van der Waals surface area contributed by atoms with E-state index < -0.39 is 0 Å². The quantitative estimate of drug-likeness (QED) is 0.836. The van der Waals surface area contributed by atoms with Crippen molar-refractivity contribution < 1.29 is 4.79 Å². The van der Waals surface area contributed by atoms with Crippen molar-refractivity contribution >= 4 is 18.3 Å². The molecule has 2 unspecified atom stereocenters. The molecule has 1 N–H and O–H groups in total. The zero-order valence-electron chi connectivity index (χ0n) is 11.1. The van der Waals surface area contributed by atoms with Crippen LogP contribution in [0.5, 0.6) is 0 Å². The fourth-order valence-electron chi connectivity index (χ4n) is 3.68. The molecule has 2 saturated heterocycles. The zero-order valence-corrected chi connectivity index (χ0v) is 11.9. The van der Waals surface area contributed by atoms with Crippen LogP contribution in [0.2, 0.25) is 0 Å². The first-order valence-corrected chi connectivity index (χ1v) is 7.37. The van der Waals surface area contributed by atoms with Crippen LogP contribution >= 0.6 is 12.4 Å². The van der Waals surface area contributed by atoms with Crippen LogP contribution < -0.4 is 5.32 Å². The fraction of sp³-hybridized carbons (Fsp3) is 0.929. The number of rotatable bonds is 2. The molecule has 0 aromatic heterocycles. The highest BCUT2D eigenvalue weighted by Crippen LogP contribution is 2.37. The lowest BCUT2D eigenvalue weighted by Gasteiger charge is -2.39. The molecule has 0 aromatic rings. The van der Waals surface area contributed by atoms with Gasteiger partial charge in [0, 0.05) is 19.1 Å². The monoisotopic (exact) mass is 272 g/mol. The molecule has 3 fully saturated rings. The van der Waals surface area contributed by atoms with E-state index >= 15 is 0 Å². The van der Waals surface area contributed by atoms with Crippen LogP contribution in [0.4, 0.5) is 0 Å². The van der Waals surface area contributed by atoms with Gasteiger partial charge in [-0.3, -0.25) is 4.79 Å². The van der Waals surface area contributed by atoms with E-state index in [0.717, 1.165) is 32.0 Å². The van der Waals surface area contributed by atoms with Gasteiger partial charge in [0.2, 0.25) is 5.91 Å². The van der Waals surface area contributed by atoms with E-state index in [1.165, 1.54) is 38.5 Å². The summed E-state index contributed by atoms with van der Waals surface area (Å²) in [6.07, 6.45) is 8.85. The first kappa shape index (κ1) is 14.1. The van der Waals surface area contributed by atoms with Crippen molar-refractivity contribution in [3.05, 3.63) is 0 Å². The minimum absolute atomic E-state index is 0. The van der Waals surface area contributed by atoms with Crippen LogP contribution in [0.15, 0.2) is 0 Å². The molecule has 0 aromatic carbocycles. The van der Waals surface area contributed by atoms with Crippen molar-refractivity contribution in [3.63, 3.8) is 0 Å². The highest BCUT2D eigenvalue weighted by molar-refractivity contribution is 5.85. The number of hydrogen-bond acceptors (Lipinski definition) is 2. The Morgan fingerprint density at radius 3 is 2.50 bits per heavy atom. The largest absolute Gasteiger partial charge is 0.339 e. The van der Waals surface area contributed by atoms with Gasteiger partial charge in [0.25, 0.3) is 0 Å². The molecule has 1 saturated carbocycles. The molecule has 1 amide bonds. The molecule has 2 heterocycles. The van der Waals surface area contributed by atoms with Crippen molar-refractivity contribution in [3.8, 4) is 0 Å². The summed E-state index contributed by atoms with van der Waals surface area (Å²) in [6.45, 7) is 3.03. The number of nitrogens with one attached hydrogen (secondary N) is 1. The van der Waals surface area contributed by atoms with Gasteiger partial charge in [-0.15, -0.1) is 12.4 Å². The lowest BCUT2D eigenvalue weighted by Crippen LogP contribution is -2.48. The number of likely N-dealkylation sites (tertiary alicyclic amines) is 1. The van der Waals surface area contributed by atoms with Gasteiger partial charge in [-0.25, -0.2) is 0 Å². The summed E-state index contributed by atoms with van der Waals surface area (Å²) in [7, 11) is 0. The van der Waals surface area contributed by atoms with Gasteiger partial charge >= 0.3 is 0 Å². The number of amides is 1. The Morgan fingerprint density at radius 1 is 1.06 bits per heavy atom. The Labute approximate surface area is 116 Å². The maximum Gasteiger partial charge on any atom is 0.227 e. The highest BCUT2D eigenvalue weighted by Gasteiger charge is 2.39. The summed E-state index contributed by atoms with van der Waals surface area (Å²) >= 11 is 0. The van der Waals surface area contributed by atoms with Crippen LogP contribution in [0, 0.1) is 11.8 Å². The molecule has 0 radical (unpaired) electrons. The molecule has 0 spiro atoms. The highest BCUT2D eigenvalue weighted by atomic mass is 35.5. The van der Waals surface area contributed by atoms with Crippen molar-refractivity contribution in [1.82, 2.24) is 10.2 Å². The molecule has 18 heavy (non-hydrogen) atoms. The van der Waals surface area contributed by atoms with Crippen LogP contribution in [-0.2, 0) is 4.79 Å². The molecule has 0 bridgehead atoms. The van der Waals surface area contributed by atoms with Gasteiger partial charge in [0.15, 0.2) is 0 Å². The Balaban J connectivity index is 0.00000120. The zero-order chi connectivity index (χ0) is 11.7. The molecule has 1 aliphatic carbocycles. The van der Waals surface area contributed by atoms with E-state index in [-0.39, 0.29) is 18.3 Å². The van der Waals surface area contributed by atoms with E-state index in [1.54, 1.807) is 0 Å². The van der Waals surface area contributed by atoms with E-state index in [1.807, 2.05) is 0 Å². The summed E-state index contributed by atoms with van der Waals surface area (Å²) in [5.41, 5.74) is 0. The Bertz CT molecular complexity index is 288. The predicted octanol–water partition coefficient (Wildman–Crippen LogP) is 2.20. The molecule has 3 nitrogen and oxygen atoms in total. The van der Waals surface area contributed by atoms with E-state index in [2.05, 4.69) is 10.2 Å². The van der Waals surface area contributed by atoms with E-state index in [0.29, 0.717) is 11.9 Å². The van der Waals surface area contributed by atoms with Gasteiger partial charge in [-0.1, -0.05) is 6.42 Å². The molecule has 104 valence electrons. The van der Waals surface area contributed by atoms with Gasteiger partial charge < -0.3 is 10.2 Å². The molecular weight excluding hydrogens is 248 g/mol. The lowest BCUT2D eigenvalue weighted by molar-refractivity contribution is -0.138. The summed E-state index contributed by atoms with van der Waals surface area (Å²) in [5.74, 6) is 1.55. The van der Waals surface area contributed by atoms with Crippen LogP contribution in [-0.4, -0.2) is 36.5 Å². The normalized spacial score (nSPS) is 32.8. The van der Waals surface area contributed by atoms with Gasteiger partial charge in [-0.05, 0) is 51.0 Å². The number of carbonyl (C=O) groups excluding carboxylic acids is 1. The van der Waals surface area contributed by atoms with Crippen LogP contribution in [0.25, 0.3) is 0 Å². The number of hydrogen-bond donors (Lipinski definition) is 1. The minimum atomic E-state index is 0. The maximum atomic E-state index is 12.5. The molecule has 2 aliphatic heterocycles. The van der Waals surface area contributed by atoms with Crippen molar-refractivity contribution in [2.24, 2.45) is 11.8 Å². The average molecular weight is 273 g/mol. The summed E-state index contributed by atoms with van der Waals surface area (Å²) < 4.78 is 0. The minimum Gasteiger partial charge on any atom is -0.339 e. The number of nitrogens with zero attached hydrogens (tertiary/aromatic N) is 1.